The Labute approximate surface area is 156 Å². The van der Waals surface area contributed by atoms with Crippen LogP contribution in [-0.4, -0.2) is 65.8 Å². The topological polar surface area (TPSA) is 111 Å². The average Bonchev–Trinajstić information content (AvgIpc) is 2.66. The molecule has 1 aromatic carbocycles. The van der Waals surface area contributed by atoms with Crippen molar-refractivity contribution in [3.8, 4) is 17.4 Å². The van der Waals surface area contributed by atoms with E-state index < -0.39 is 12.1 Å². The van der Waals surface area contributed by atoms with Crippen LogP contribution in [0.5, 0.6) is 17.4 Å². The second-order valence-corrected chi connectivity index (χ2v) is 5.84. The van der Waals surface area contributed by atoms with E-state index >= 15 is 0 Å². The number of amides is 1. The minimum absolute atomic E-state index is 0.133. The lowest BCUT2D eigenvalue weighted by Gasteiger charge is -2.14. The van der Waals surface area contributed by atoms with Gasteiger partial charge in [0.05, 0.1) is 31.7 Å². The van der Waals surface area contributed by atoms with Crippen LogP contribution in [0.25, 0.3) is 0 Å². The molecular formula is C18H21N3O6. The number of aliphatic hydroxyl groups excluding tert-OH is 1. The number of rotatable bonds is 7. The second-order valence-electron chi connectivity index (χ2n) is 5.84. The van der Waals surface area contributed by atoms with Crippen LogP contribution in [0.3, 0.4) is 0 Å². The molecule has 1 N–H and O–H groups in total. The summed E-state index contributed by atoms with van der Waals surface area (Å²) in [6.45, 7) is 1.49. The molecule has 27 heavy (non-hydrogen) atoms. The van der Waals surface area contributed by atoms with Gasteiger partial charge in [0.25, 0.3) is 5.91 Å². The Bertz CT molecular complexity index is 807. The van der Waals surface area contributed by atoms with Gasteiger partial charge in [-0.3, -0.25) is 4.79 Å². The van der Waals surface area contributed by atoms with E-state index in [2.05, 4.69) is 9.97 Å². The van der Waals surface area contributed by atoms with E-state index in [4.69, 9.17) is 19.3 Å². The molecule has 0 saturated heterocycles. The lowest BCUT2D eigenvalue weighted by molar-refractivity contribution is 0.0599. The van der Waals surface area contributed by atoms with E-state index in [1.54, 1.807) is 27.1 Å². The Morgan fingerprint density at radius 2 is 1.85 bits per heavy atom. The lowest BCUT2D eigenvalue weighted by Crippen LogP contribution is -2.22. The molecule has 1 aromatic heterocycles. The molecule has 1 amide bonds. The van der Waals surface area contributed by atoms with Crippen molar-refractivity contribution >= 4 is 11.9 Å². The number of carbonyl (C=O) groups excluding carboxylic acids is 2. The summed E-state index contributed by atoms with van der Waals surface area (Å²) in [7, 11) is 4.49. The molecule has 144 valence electrons. The standard InChI is InChI=1S/C18H21N3O6/c1-11(10-22)26-13-5-12(18(24)25-4)6-14(7-13)27-16-9-19-15(8-20-16)17(23)21(2)3/h5-9,11,22H,10H2,1-4H3. The highest BCUT2D eigenvalue weighted by atomic mass is 16.5. The number of nitrogens with zero attached hydrogens (tertiary/aromatic N) is 3. The molecule has 0 spiro atoms. The summed E-state index contributed by atoms with van der Waals surface area (Å²) in [5.74, 6) is -0.135. The fourth-order valence-electron chi connectivity index (χ4n) is 2.03. The van der Waals surface area contributed by atoms with Crippen LogP contribution in [0.2, 0.25) is 0 Å². The highest BCUT2D eigenvalue weighted by Gasteiger charge is 2.14. The average molecular weight is 375 g/mol. The van der Waals surface area contributed by atoms with Gasteiger partial charge in [-0.25, -0.2) is 14.8 Å². The highest BCUT2D eigenvalue weighted by Crippen LogP contribution is 2.27. The van der Waals surface area contributed by atoms with Crippen LogP contribution in [0.15, 0.2) is 30.6 Å². The Balaban J connectivity index is 2.27. The number of benzene rings is 1. The summed E-state index contributed by atoms with van der Waals surface area (Å²) >= 11 is 0. The summed E-state index contributed by atoms with van der Waals surface area (Å²) in [5, 5.41) is 9.14. The van der Waals surface area contributed by atoms with Gasteiger partial charge < -0.3 is 24.2 Å². The number of hydrogen-bond donors (Lipinski definition) is 1. The zero-order chi connectivity index (χ0) is 20.0. The molecule has 1 unspecified atom stereocenters. The molecule has 9 nitrogen and oxygen atoms in total. The first-order chi connectivity index (χ1) is 12.8. The molecule has 1 atom stereocenters. The van der Waals surface area contributed by atoms with Crippen molar-refractivity contribution in [2.24, 2.45) is 0 Å². The van der Waals surface area contributed by atoms with Gasteiger partial charge in [-0.05, 0) is 19.1 Å². The van der Waals surface area contributed by atoms with Crippen LogP contribution in [-0.2, 0) is 4.74 Å². The number of esters is 1. The zero-order valence-electron chi connectivity index (χ0n) is 15.5. The minimum Gasteiger partial charge on any atom is -0.488 e. The first-order valence-corrected chi connectivity index (χ1v) is 8.06. The Hall–Kier alpha value is -3.20. The monoisotopic (exact) mass is 375 g/mol. The summed E-state index contributed by atoms with van der Waals surface area (Å²) in [6.07, 6.45) is 2.13. The smallest absolute Gasteiger partial charge is 0.338 e. The van der Waals surface area contributed by atoms with E-state index in [9.17, 15) is 9.59 Å². The van der Waals surface area contributed by atoms with Crippen molar-refractivity contribution in [2.75, 3.05) is 27.8 Å². The van der Waals surface area contributed by atoms with E-state index in [0.29, 0.717) is 5.75 Å². The third kappa shape index (κ3) is 5.38. The van der Waals surface area contributed by atoms with Gasteiger partial charge >= 0.3 is 5.97 Å². The minimum atomic E-state index is -0.569. The molecule has 0 aliphatic rings. The lowest BCUT2D eigenvalue weighted by atomic mass is 10.2. The Kier molecular flexibility index (Phi) is 6.67. The maximum absolute atomic E-state index is 11.9. The van der Waals surface area contributed by atoms with Crippen LogP contribution < -0.4 is 9.47 Å². The molecule has 0 radical (unpaired) electrons. The first kappa shape index (κ1) is 20.1. The van der Waals surface area contributed by atoms with Crippen molar-refractivity contribution in [2.45, 2.75) is 13.0 Å². The number of aliphatic hydroxyl groups is 1. The number of carbonyl (C=O) groups is 2. The van der Waals surface area contributed by atoms with Crippen molar-refractivity contribution < 1.29 is 28.9 Å². The van der Waals surface area contributed by atoms with E-state index in [-0.39, 0.29) is 35.4 Å². The highest BCUT2D eigenvalue weighted by molar-refractivity contribution is 5.91. The first-order valence-electron chi connectivity index (χ1n) is 8.06. The quantitative estimate of drug-likeness (QED) is 0.725. The van der Waals surface area contributed by atoms with Gasteiger partial charge in [0, 0.05) is 20.2 Å². The summed E-state index contributed by atoms with van der Waals surface area (Å²) in [6, 6.07) is 4.48. The van der Waals surface area contributed by atoms with Crippen molar-refractivity contribution in [3.63, 3.8) is 0 Å². The third-order valence-electron chi connectivity index (χ3n) is 3.37. The molecule has 2 rings (SSSR count). The summed E-state index contributed by atoms with van der Waals surface area (Å²) < 4.78 is 15.9. The van der Waals surface area contributed by atoms with Gasteiger partial charge in [0.15, 0.2) is 0 Å². The predicted molar refractivity (Wildman–Crippen MR) is 95.1 cm³/mol. The predicted octanol–water partition coefficient (Wildman–Crippen LogP) is 1.52. The number of aromatic nitrogens is 2. The van der Waals surface area contributed by atoms with Crippen molar-refractivity contribution in [1.29, 1.82) is 0 Å². The zero-order valence-corrected chi connectivity index (χ0v) is 15.5. The second kappa shape index (κ2) is 8.95. The Morgan fingerprint density at radius 1 is 1.15 bits per heavy atom. The van der Waals surface area contributed by atoms with Gasteiger partial charge in [-0.15, -0.1) is 0 Å². The fourth-order valence-corrected chi connectivity index (χ4v) is 2.03. The van der Waals surface area contributed by atoms with Crippen LogP contribution in [0, 0.1) is 0 Å². The molecular weight excluding hydrogens is 354 g/mol. The van der Waals surface area contributed by atoms with Gasteiger partial charge in [0.2, 0.25) is 5.88 Å². The molecule has 0 aliphatic heterocycles. The Morgan fingerprint density at radius 3 is 2.41 bits per heavy atom. The summed E-state index contributed by atoms with van der Waals surface area (Å²) in [5.41, 5.74) is 0.388. The number of ether oxygens (including phenoxy) is 3. The maximum Gasteiger partial charge on any atom is 0.338 e. The maximum atomic E-state index is 11.9. The van der Waals surface area contributed by atoms with Gasteiger partial charge in [-0.2, -0.15) is 0 Å². The fraction of sp³-hybridized carbons (Fsp3) is 0.333. The SMILES string of the molecule is COC(=O)c1cc(Oc2cnc(C(=O)N(C)C)cn2)cc(OC(C)CO)c1. The molecule has 9 heteroatoms. The number of methoxy groups -OCH3 is 1. The largest absolute Gasteiger partial charge is 0.488 e. The van der Waals surface area contributed by atoms with Crippen LogP contribution in [0.1, 0.15) is 27.8 Å². The van der Waals surface area contributed by atoms with E-state index in [0.717, 1.165) is 0 Å². The molecule has 2 aromatic rings. The normalized spacial score (nSPS) is 11.4. The van der Waals surface area contributed by atoms with Gasteiger partial charge in [0.1, 0.15) is 23.3 Å². The molecule has 0 aliphatic carbocycles. The van der Waals surface area contributed by atoms with Crippen molar-refractivity contribution in [3.05, 3.63) is 41.9 Å². The molecule has 0 bridgehead atoms. The van der Waals surface area contributed by atoms with E-state index in [1.807, 2.05) is 0 Å². The van der Waals surface area contributed by atoms with Crippen LogP contribution >= 0.6 is 0 Å². The summed E-state index contributed by atoms with van der Waals surface area (Å²) in [4.78, 5) is 33.1. The molecule has 0 saturated carbocycles. The number of hydrogen-bond acceptors (Lipinski definition) is 8. The van der Waals surface area contributed by atoms with Gasteiger partial charge in [-0.1, -0.05) is 0 Å². The van der Waals surface area contributed by atoms with E-state index in [1.165, 1.54) is 36.5 Å². The molecule has 1 heterocycles. The third-order valence-corrected chi connectivity index (χ3v) is 3.37. The van der Waals surface area contributed by atoms with Crippen molar-refractivity contribution in [1.82, 2.24) is 14.9 Å². The molecule has 0 fully saturated rings. The van der Waals surface area contributed by atoms with Crippen LogP contribution in [0.4, 0.5) is 0 Å².